The zero-order valence-corrected chi connectivity index (χ0v) is 7.22. The van der Waals surface area contributed by atoms with E-state index in [2.05, 4.69) is 14.9 Å². The van der Waals surface area contributed by atoms with Crippen LogP contribution in [0.2, 0.25) is 0 Å². The van der Waals surface area contributed by atoms with Gasteiger partial charge < -0.3 is 0 Å². The van der Waals surface area contributed by atoms with Crippen LogP contribution in [0.25, 0.3) is 0 Å². The van der Waals surface area contributed by atoms with Crippen LogP contribution in [0.1, 0.15) is 0 Å². The topological polar surface area (TPSA) is 26.3 Å². The van der Waals surface area contributed by atoms with Crippen LogP contribution in [-0.4, -0.2) is 0 Å². The fraction of sp³-hybridized carbons (Fsp3) is 0. The summed E-state index contributed by atoms with van der Waals surface area (Å²) in [5.41, 5.74) is 0. The molecule has 0 aliphatic rings. The summed E-state index contributed by atoms with van der Waals surface area (Å²) in [7, 11) is 14.3. The minimum atomic E-state index is -4.94. The minimum absolute atomic E-state index is 3.50. The summed E-state index contributed by atoms with van der Waals surface area (Å²) in [5, 5.41) is 0. The number of hydrogen-bond acceptors (Lipinski definition) is 2. The fourth-order valence-electron chi connectivity index (χ4n) is 0. The second kappa shape index (κ2) is 2.08. The first-order valence-corrected chi connectivity index (χ1v) is 8.35. The molecule has 0 N–H and O–H groups in total. The average Bonchev–Trinajstić information content (AvgIpc) is 1.32. The summed E-state index contributed by atoms with van der Waals surface area (Å²) >= 11 is -0.455. The third-order valence-corrected chi connectivity index (χ3v) is 3.30. The van der Waals surface area contributed by atoms with E-state index in [1.54, 1.807) is 0 Å². The van der Waals surface area contributed by atoms with Gasteiger partial charge in [-0.15, -0.1) is 0 Å². The van der Waals surface area contributed by atoms with Crippen molar-refractivity contribution in [1.82, 2.24) is 0 Å². The van der Waals surface area contributed by atoms with Crippen molar-refractivity contribution in [3.8, 4) is 0 Å². The molecule has 0 radical (unpaired) electrons. The van der Waals surface area contributed by atoms with Crippen LogP contribution < -0.4 is 0 Å². The zero-order valence-electron chi connectivity index (χ0n) is 2.64. The van der Waals surface area contributed by atoms with Gasteiger partial charge >= 0.3 is 58.5 Å². The first-order valence-electron chi connectivity index (χ1n) is 0.771. The van der Waals surface area contributed by atoms with Crippen LogP contribution in [0.4, 0.5) is 0 Å². The summed E-state index contributed by atoms with van der Waals surface area (Å²) < 4.78 is 13.7. The number of halogens is 4. The first kappa shape index (κ1) is 8.58. The van der Waals surface area contributed by atoms with Crippen LogP contribution in [0.15, 0.2) is 0 Å². The Labute approximate surface area is 58.2 Å². The van der Waals surface area contributed by atoms with E-state index in [1.165, 1.54) is 0 Å². The average molecular weight is 280 g/mol. The molecule has 0 aliphatic carbocycles. The predicted octanol–water partition coefficient (Wildman–Crippen LogP) is 2.57. The molecule has 0 amide bonds. The molecule has 0 saturated heterocycles. The monoisotopic (exact) mass is 278 g/mol. The summed E-state index contributed by atoms with van der Waals surface area (Å²) in [4.78, 5) is 0. The summed E-state index contributed by atoms with van der Waals surface area (Å²) in [6.07, 6.45) is 0. The molecule has 0 bridgehead atoms. The molecular weight excluding hydrogens is 280 g/mol. The van der Waals surface area contributed by atoms with E-state index in [-0.39, 0.29) is 0 Å². The van der Waals surface area contributed by atoms with Crippen molar-refractivity contribution in [2.45, 2.75) is 0 Å². The van der Waals surface area contributed by atoms with Crippen LogP contribution in [0.5, 0.6) is 0 Å². The normalized spacial score (nSPS) is 18.0. The van der Waals surface area contributed by atoms with Gasteiger partial charge in [-0.2, -0.15) is 0 Å². The third-order valence-electron chi connectivity index (χ3n) is 0.0752. The Kier molecular flexibility index (Phi) is 2.54. The third kappa shape index (κ3) is 7.58. The van der Waals surface area contributed by atoms with Gasteiger partial charge in [0, 0.05) is 0 Å². The Balaban J connectivity index is 4.14. The van der Waals surface area contributed by atoms with Gasteiger partial charge in [0.25, 0.3) is 0 Å². The van der Waals surface area contributed by atoms with Gasteiger partial charge in [-0.1, -0.05) is 0 Å². The molecule has 0 rings (SSSR count). The second-order valence-electron chi connectivity index (χ2n) is 0.530. The molecule has 2 nitrogen and oxygen atoms in total. The Morgan fingerprint density at radius 1 is 1.29 bits per heavy atom. The van der Waals surface area contributed by atoms with Gasteiger partial charge in [-0.25, -0.2) is 0 Å². The Bertz CT molecular complexity index is 111. The van der Waals surface area contributed by atoms with Crippen molar-refractivity contribution in [3.63, 3.8) is 0 Å². The molecule has 0 atom stereocenters. The molecular formula is Cl4O2Pd. The number of hydrogen-bond donors (Lipinski definition) is 0. The van der Waals surface area contributed by atoms with E-state index in [0.717, 1.165) is 0 Å². The summed E-state index contributed by atoms with van der Waals surface area (Å²) in [6.45, 7) is 0. The van der Waals surface area contributed by atoms with Gasteiger partial charge in [0.05, 0.1) is 0 Å². The van der Waals surface area contributed by atoms with Crippen molar-refractivity contribution < 1.29 is 18.1 Å². The van der Waals surface area contributed by atoms with Gasteiger partial charge in [0.1, 0.15) is 0 Å². The second-order valence-corrected chi connectivity index (χ2v) is 13.6. The quantitative estimate of drug-likeness (QED) is 0.690. The molecule has 7 heteroatoms. The van der Waals surface area contributed by atoms with Crippen molar-refractivity contribution in [3.05, 3.63) is 0 Å². The van der Waals surface area contributed by atoms with Crippen molar-refractivity contribution in [2.24, 2.45) is 0 Å². The van der Waals surface area contributed by atoms with Crippen LogP contribution in [0.3, 0.4) is 0 Å². The van der Waals surface area contributed by atoms with Gasteiger partial charge in [-0.05, 0) is 0 Å². The number of rotatable bonds is 1. The summed E-state index contributed by atoms with van der Waals surface area (Å²) in [5.74, 6) is 0. The van der Waals surface area contributed by atoms with E-state index >= 15 is 0 Å². The standard InChI is InChI=1S/ClO.3ClH.O.Pd/c1-2;;;;;/h;3*1H;;/q-1;;;;;+4/p-3. The van der Waals surface area contributed by atoms with E-state index < -0.39 is 11.6 Å². The molecule has 0 heterocycles. The Morgan fingerprint density at radius 2 is 1.43 bits per heavy atom. The van der Waals surface area contributed by atoms with Gasteiger partial charge in [0.15, 0.2) is 0 Å². The van der Waals surface area contributed by atoms with Crippen molar-refractivity contribution >= 4 is 40.5 Å². The fourth-order valence-corrected chi connectivity index (χ4v) is 0. The maximum absolute atomic E-state index is 10.2. The van der Waals surface area contributed by atoms with Crippen molar-refractivity contribution in [1.29, 1.82) is 0 Å². The molecule has 0 unspecified atom stereocenters. The van der Waals surface area contributed by atoms with E-state index in [4.69, 9.17) is 28.6 Å². The first-order chi connectivity index (χ1) is 2.81. The Hall–Kier alpha value is 1.58. The molecule has 0 spiro atoms. The molecule has 0 saturated carbocycles. The maximum atomic E-state index is 10.2. The predicted molar refractivity (Wildman–Crippen MR) is 25.2 cm³/mol. The zero-order chi connectivity index (χ0) is 6.15. The molecule has 0 aromatic heterocycles. The van der Waals surface area contributed by atoms with Crippen LogP contribution >= 0.6 is 40.5 Å². The van der Waals surface area contributed by atoms with E-state index in [9.17, 15) is 3.47 Å². The summed E-state index contributed by atoms with van der Waals surface area (Å²) in [6, 6.07) is 0. The van der Waals surface area contributed by atoms with E-state index in [1.807, 2.05) is 0 Å². The van der Waals surface area contributed by atoms with Crippen LogP contribution in [0, 0.1) is 0 Å². The van der Waals surface area contributed by atoms with Crippen molar-refractivity contribution in [2.75, 3.05) is 0 Å². The molecule has 0 aromatic carbocycles. The van der Waals surface area contributed by atoms with E-state index in [0.29, 0.717) is 0 Å². The van der Waals surface area contributed by atoms with Gasteiger partial charge in [0.2, 0.25) is 0 Å². The SMILES string of the molecule is [O]=[Pd]([Cl])([Cl])([Cl])[O]Cl. The van der Waals surface area contributed by atoms with Crippen LogP contribution in [-0.2, 0) is 18.1 Å². The molecule has 7 heavy (non-hydrogen) atoms. The molecule has 50 valence electrons. The Morgan fingerprint density at radius 3 is 1.43 bits per heavy atom. The van der Waals surface area contributed by atoms with Gasteiger partial charge in [-0.3, -0.25) is 0 Å². The molecule has 0 aromatic rings. The molecule has 0 aliphatic heterocycles. The molecule has 0 fully saturated rings.